The predicted octanol–water partition coefficient (Wildman–Crippen LogP) is 3.73. The van der Waals surface area contributed by atoms with Gasteiger partial charge in [0.1, 0.15) is 5.69 Å². The van der Waals surface area contributed by atoms with Gasteiger partial charge >= 0.3 is 6.18 Å². The van der Waals surface area contributed by atoms with E-state index in [1.165, 1.54) is 12.3 Å². The van der Waals surface area contributed by atoms with E-state index < -0.39 is 11.9 Å². The molecule has 96 valence electrons. The van der Waals surface area contributed by atoms with Crippen LogP contribution >= 0.6 is 0 Å². The molecular formula is C12H17F3N2. The Hall–Kier alpha value is -1.26. The summed E-state index contributed by atoms with van der Waals surface area (Å²) in [5.74, 6) is 0. The van der Waals surface area contributed by atoms with Crippen molar-refractivity contribution < 1.29 is 13.2 Å². The predicted molar refractivity (Wildman–Crippen MR) is 62.0 cm³/mol. The maximum atomic E-state index is 12.3. The van der Waals surface area contributed by atoms with Gasteiger partial charge in [-0.2, -0.15) is 13.2 Å². The lowest BCUT2D eigenvalue weighted by Crippen LogP contribution is -2.25. The molecule has 0 aromatic carbocycles. The fourth-order valence-electron chi connectivity index (χ4n) is 1.65. The highest BCUT2D eigenvalue weighted by atomic mass is 19.4. The molecule has 0 N–H and O–H groups in total. The highest BCUT2D eigenvalue weighted by Gasteiger charge is 2.32. The van der Waals surface area contributed by atoms with Crippen LogP contribution in [-0.4, -0.2) is 18.1 Å². The minimum Gasteiger partial charge on any atom is -0.370 e. The molecule has 0 aliphatic rings. The number of rotatable bonds is 5. The molecule has 2 nitrogen and oxygen atoms in total. The van der Waals surface area contributed by atoms with Crippen molar-refractivity contribution in [2.75, 3.05) is 18.0 Å². The van der Waals surface area contributed by atoms with E-state index in [1.807, 2.05) is 18.7 Å². The van der Waals surface area contributed by atoms with E-state index in [2.05, 4.69) is 4.98 Å². The summed E-state index contributed by atoms with van der Waals surface area (Å²) in [5, 5.41) is 0. The Morgan fingerprint density at radius 1 is 1.12 bits per heavy atom. The molecule has 1 rings (SSSR count). The molecule has 0 aliphatic heterocycles. The second-order valence-electron chi connectivity index (χ2n) is 3.89. The van der Waals surface area contributed by atoms with Crippen LogP contribution in [0.15, 0.2) is 18.3 Å². The first-order valence-corrected chi connectivity index (χ1v) is 5.77. The van der Waals surface area contributed by atoms with Crippen LogP contribution in [0, 0.1) is 0 Å². The van der Waals surface area contributed by atoms with Crippen molar-refractivity contribution in [2.45, 2.75) is 32.9 Å². The van der Waals surface area contributed by atoms with Crippen molar-refractivity contribution in [1.82, 2.24) is 4.98 Å². The Kier molecular flexibility index (Phi) is 4.78. The average Bonchev–Trinajstić information content (AvgIpc) is 2.28. The summed E-state index contributed by atoms with van der Waals surface area (Å²) in [7, 11) is 0. The Morgan fingerprint density at radius 2 is 1.71 bits per heavy atom. The smallest absolute Gasteiger partial charge is 0.370 e. The van der Waals surface area contributed by atoms with E-state index in [-0.39, 0.29) is 0 Å². The second kappa shape index (κ2) is 5.89. The molecule has 5 heteroatoms. The van der Waals surface area contributed by atoms with Gasteiger partial charge in [0.15, 0.2) is 0 Å². The van der Waals surface area contributed by atoms with Crippen LogP contribution < -0.4 is 4.90 Å². The van der Waals surface area contributed by atoms with Gasteiger partial charge in [-0.3, -0.25) is 0 Å². The zero-order chi connectivity index (χ0) is 12.9. The number of halogens is 3. The summed E-state index contributed by atoms with van der Waals surface area (Å²) in [6.45, 7) is 5.75. The molecule has 1 heterocycles. The topological polar surface area (TPSA) is 16.1 Å². The molecule has 0 spiro atoms. The fraction of sp³-hybridized carbons (Fsp3) is 0.583. The Morgan fingerprint density at radius 3 is 2.06 bits per heavy atom. The van der Waals surface area contributed by atoms with Gasteiger partial charge in [-0.15, -0.1) is 0 Å². The first-order chi connectivity index (χ1) is 7.99. The Bertz CT molecular complexity index is 327. The van der Waals surface area contributed by atoms with Crippen molar-refractivity contribution in [3.63, 3.8) is 0 Å². The standard InChI is InChI=1S/C12H17F3N2/c1-3-7-17(8-4-2)10-5-6-11(16-9-10)12(13,14)15/h5-6,9H,3-4,7-8H2,1-2H3. The second-order valence-corrected chi connectivity index (χ2v) is 3.89. The molecule has 0 amide bonds. The van der Waals surface area contributed by atoms with Crippen LogP contribution in [0.25, 0.3) is 0 Å². The van der Waals surface area contributed by atoms with Crippen LogP contribution in [0.4, 0.5) is 18.9 Å². The van der Waals surface area contributed by atoms with Gasteiger partial charge in [-0.05, 0) is 25.0 Å². The number of anilines is 1. The molecule has 0 radical (unpaired) electrons. The lowest BCUT2D eigenvalue weighted by molar-refractivity contribution is -0.141. The molecule has 0 unspecified atom stereocenters. The van der Waals surface area contributed by atoms with Gasteiger partial charge in [0.2, 0.25) is 0 Å². The lowest BCUT2D eigenvalue weighted by Gasteiger charge is -2.23. The van der Waals surface area contributed by atoms with Gasteiger partial charge < -0.3 is 4.90 Å². The quantitative estimate of drug-likeness (QED) is 0.787. The molecule has 1 aromatic heterocycles. The van der Waals surface area contributed by atoms with Crippen LogP contribution in [0.1, 0.15) is 32.4 Å². The lowest BCUT2D eigenvalue weighted by atomic mass is 10.2. The summed E-state index contributed by atoms with van der Waals surface area (Å²) in [6, 6.07) is 2.52. The first-order valence-electron chi connectivity index (χ1n) is 5.77. The summed E-state index contributed by atoms with van der Waals surface area (Å²) in [6.07, 6.45) is -1.14. The molecule has 0 atom stereocenters. The molecule has 0 bridgehead atoms. The van der Waals surface area contributed by atoms with Crippen LogP contribution in [0.3, 0.4) is 0 Å². The maximum absolute atomic E-state index is 12.3. The highest BCUT2D eigenvalue weighted by Crippen LogP contribution is 2.28. The van der Waals surface area contributed by atoms with Crippen molar-refractivity contribution in [3.05, 3.63) is 24.0 Å². The van der Waals surface area contributed by atoms with Gasteiger partial charge in [0.05, 0.1) is 11.9 Å². The Balaban J connectivity index is 2.84. The van der Waals surface area contributed by atoms with Gasteiger partial charge in [0.25, 0.3) is 0 Å². The summed E-state index contributed by atoms with van der Waals surface area (Å²) >= 11 is 0. The summed E-state index contributed by atoms with van der Waals surface area (Å²) < 4.78 is 37.0. The largest absolute Gasteiger partial charge is 0.433 e. The SMILES string of the molecule is CCCN(CCC)c1ccc(C(F)(F)F)nc1. The van der Waals surface area contributed by atoms with E-state index >= 15 is 0 Å². The number of nitrogens with zero attached hydrogens (tertiary/aromatic N) is 2. The molecule has 17 heavy (non-hydrogen) atoms. The zero-order valence-electron chi connectivity index (χ0n) is 10.1. The molecule has 0 aliphatic carbocycles. The monoisotopic (exact) mass is 246 g/mol. The van der Waals surface area contributed by atoms with Gasteiger partial charge in [0, 0.05) is 13.1 Å². The number of alkyl halides is 3. The highest BCUT2D eigenvalue weighted by molar-refractivity contribution is 5.44. The molecular weight excluding hydrogens is 229 g/mol. The minimum atomic E-state index is -4.36. The van der Waals surface area contributed by atoms with E-state index in [9.17, 15) is 13.2 Å². The van der Waals surface area contributed by atoms with Crippen molar-refractivity contribution >= 4 is 5.69 Å². The number of aromatic nitrogens is 1. The van der Waals surface area contributed by atoms with Gasteiger partial charge in [-0.1, -0.05) is 13.8 Å². The third-order valence-corrected chi connectivity index (χ3v) is 2.39. The van der Waals surface area contributed by atoms with Crippen LogP contribution in [0.2, 0.25) is 0 Å². The van der Waals surface area contributed by atoms with Crippen LogP contribution in [-0.2, 0) is 6.18 Å². The first kappa shape index (κ1) is 13.8. The summed E-state index contributed by atoms with van der Waals surface area (Å²) in [5.41, 5.74) is -0.0871. The average molecular weight is 246 g/mol. The normalized spacial score (nSPS) is 11.6. The van der Waals surface area contributed by atoms with E-state index in [4.69, 9.17) is 0 Å². The number of hydrogen-bond donors (Lipinski definition) is 0. The molecule has 0 saturated carbocycles. The zero-order valence-corrected chi connectivity index (χ0v) is 10.1. The minimum absolute atomic E-state index is 0.752. The maximum Gasteiger partial charge on any atom is 0.433 e. The number of hydrogen-bond acceptors (Lipinski definition) is 2. The van der Waals surface area contributed by atoms with Crippen molar-refractivity contribution in [2.24, 2.45) is 0 Å². The Labute approximate surface area is 99.5 Å². The molecule has 0 saturated heterocycles. The van der Waals surface area contributed by atoms with Crippen LogP contribution in [0.5, 0.6) is 0 Å². The van der Waals surface area contributed by atoms with E-state index in [0.29, 0.717) is 0 Å². The number of pyridine rings is 1. The van der Waals surface area contributed by atoms with Crippen molar-refractivity contribution in [1.29, 1.82) is 0 Å². The van der Waals surface area contributed by atoms with E-state index in [1.54, 1.807) is 0 Å². The van der Waals surface area contributed by atoms with Crippen molar-refractivity contribution in [3.8, 4) is 0 Å². The third-order valence-electron chi connectivity index (χ3n) is 2.39. The summed E-state index contributed by atoms with van der Waals surface area (Å²) in [4.78, 5) is 5.52. The van der Waals surface area contributed by atoms with Gasteiger partial charge in [-0.25, -0.2) is 4.98 Å². The fourth-order valence-corrected chi connectivity index (χ4v) is 1.65. The molecule has 1 aromatic rings. The third kappa shape index (κ3) is 3.91. The molecule has 0 fully saturated rings. The van der Waals surface area contributed by atoms with E-state index in [0.717, 1.165) is 37.7 Å².